The molecule has 0 aromatic heterocycles. The van der Waals surface area contributed by atoms with Crippen molar-refractivity contribution in [3.63, 3.8) is 0 Å². The summed E-state index contributed by atoms with van der Waals surface area (Å²) in [7, 11) is 0. The highest BCUT2D eigenvalue weighted by molar-refractivity contribution is 5.93. The van der Waals surface area contributed by atoms with Crippen LogP contribution in [-0.2, 0) is 4.79 Å². The van der Waals surface area contributed by atoms with Gasteiger partial charge in [0.1, 0.15) is 5.82 Å². The molecule has 0 radical (unpaired) electrons. The second-order valence-corrected chi connectivity index (χ2v) is 3.65. The van der Waals surface area contributed by atoms with Crippen LogP contribution in [0.2, 0.25) is 0 Å². The first-order chi connectivity index (χ1) is 7.11. The molecule has 1 N–H and O–H groups in total. The fourth-order valence-corrected chi connectivity index (χ4v) is 1.92. The first kappa shape index (κ1) is 10.1. The second kappa shape index (κ2) is 3.62. The summed E-state index contributed by atoms with van der Waals surface area (Å²) in [5, 5.41) is 9.68. The summed E-state index contributed by atoms with van der Waals surface area (Å²) in [4.78, 5) is 12.7. The van der Waals surface area contributed by atoms with Crippen LogP contribution < -0.4 is 4.90 Å². The smallest absolute Gasteiger partial charge is 0.223 e. The number of nitrogens with zero attached hydrogens (tertiary/aromatic N) is 1. The Balaban J connectivity index is 2.56. The first-order valence-electron chi connectivity index (χ1n) is 4.86. The molecule has 0 saturated heterocycles. The van der Waals surface area contributed by atoms with Crippen molar-refractivity contribution in [3.8, 4) is 0 Å². The van der Waals surface area contributed by atoms with E-state index in [0.717, 1.165) is 0 Å². The third-order valence-electron chi connectivity index (χ3n) is 2.65. The van der Waals surface area contributed by atoms with Crippen LogP contribution in [-0.4, -0.2) is 17.6 Å². The van der Waals surface area contributed by atoms with Crippen molar-refractivity contribution in [1.29, 1.82) is 0 Å². The molecule has 1 aliphatic heterocycles. The molecule has 0 bridgehead atoms. The average molecular weight is 209 g/mol. The molecule has 15 heavy (non-hydrogen) atoms. The van der Waals surface area contributed by atoms with Gasteiger partial charge in [0, 0.05) is 19.0 Å². The van der Waals surface area contributed by atoms with Gasteiger partial charge in [-0.05, 0) is 12.5 Å². The number of hydrogen-bond donors (Lipinski definition) is 1. The van der Waals surface area contributed by atoms with E-state index in [9.17, 15) is 14.3 Å². The number of anilines is 1. The molecule has 1 unspecified atom stereocenters. The SMILES string of the molecule is CC(=O)N1CCC(O)c2cccc(F)c21. The highest BCUT2D eigenvalue weighted by atomic mass is 19.1. The van der Waals surface area contributed by atoms with Gasteiger partial charge in [-0.25, -0.2) is 4.39 Å². The van der Waals surface area contributed by atoms with Crippen LogP contribution >= 0.6 is 0 Å². The van der Waals surface area contributed by atoms with Crippen molar-refractivity contribution in [2.45, 2.75) is 19.4 Å². The predicted octanol–water partition coefficient (Wildman–Crippen LogP) is 1.62. The van der Waals surface area contributed by atoms with Gasteiger partial charge in [-0.1, -0.05) is 12.1 Å². The Bertz CT molecular complexity index is 406. The van der Waals surface area contributed by atoms with Crippen LogP contribution in [0.25, 0.3) is 0 Å². The van der Waals surface area contributed by atoms with Crippen LogP contribution in [0, 0.1) is 5.82 Å². The lowest BCUT2D eigenvalue weighted by molar-refractivity contribution is -0.116. The van der Waals surface area contributed by atoms with Gasteiger partial charge in [0.05, 0.1) is 11.8 Å². The van der Waals surface area contributed by atoms with Crippen molar-refractivity contribution < 1.29 is 14.3 Å². The lowest BCUT2D eigenvalue weighted by Crippen LogP contribution is -2.35. The molecular formula is C11H12FNO2. The van der Waals surface area contributed by atoms with Crippen molar-refractivity contribution in [1.82, 2.24) is 0 Å². The van der Waals surface area contributed by atoms with E-state index in [1.165, 1.54) is 17.9 Å². The van der Waals surface area contributed by atoms with E-state index in [2.05, 4.69) is 0 Å². The first-order valence-corrected chi connectivity index (χ1v) is 4.86. The van der Waals surface area contributed by atoms with Gasteiger partial charge in [-0.2, -0.15) is 0 Å². The second-order valence-electron chi connectivity index (χ2n) is 3.65. The van der Waals surface area contributed by atoms with Crippen LogP contribution in [0.4, 0.5) is 10.1 Å². The Hall–Kier alpha value is -1.42. The van der Waals surface area contributed by atoms with Gasteiger partial charge >= 0.3 is 0 Å². The zero-order valence-electron chi connectivity index (χ0n) is 8.40. The molecule has 3 nitrogen and oxygen atoms in total. The lowest BCUT2D eigenvalue weighted by atomic mass is 9.98. The zero-order chi connectivity index (χ0) is 11.0. The summed E-state index contributed by atoms with van der Waals surface area (Å²) in [6.07, 6.45) is -0.220. The maximum atomic E-state index is 13.6. The Kier molecular flexibility index (Phi) is 2.44. The van der Waals surface area contributed by atoms with Crippen molar-refractivity contribution in [2.75, 3.05) is 11.4 Å². The molecule has 1 aliphatic rings. The quantitative estimate of drug-likeness (QED) is 0.705. The molecule has 2 rings (SSSR count). The van der Waals surface area contributed by atoms with E-state index in [-0.39, 0.29) is 11.6 Å². The molecule has 4 heteroatoms. The van der Waals surface area contributed by atoms with Crippen LogP contribution in [0.15, 0.2) is 18.2 Å². The van der Waals surface area contributed by atoms with E-state index in [4.69, 9.17) is 0 Å². The van der Waals surface area contributed by atoms with Crippen molar-refractivity contribution >= 4 is 11.6 Å². The van der Waals surface area contributed by atoms with E-state index in [0.29, 0.717) is 18.5 Å². The molecule has 0 saturated carbocycles. The summed E-state index contributed by atoms with van der Waals surface area (Å²) in [6.45, 7) is 1.76. The Morgan fingerprint density at radius 3 is 3.00 bits per heavy atom. The fourth-order valence-electron chi connectivity index (χ4n) is 1.92. The number of carbonyl (C=O) groups is 1. The lowest BCUT2D eigenvalue weighted by Gasteiger charge is -2.31. The van der Waals surface area contributed by atoms with Gasteiger partial charge in [-0.15, -0.1) is 0 Å². The normalized spacial score (nSPS) is 19.9. The number of aliphatic hydroxyl groups is 1. The molecule has 1 aromatic rings. The Labute approximate surface area is 87.1 Å². The number of benzene rings is 1. The minimum atomic E-state index is -0.675. The largest absolute Gasteiger partial charge is 0.388 e. The molecule has 1 amide bonds. The Morgan fingerprint density at radius 1 is 1.60 bits per heavy atom. The number of para-hydroxylation sites is 1. The van der Waals surface area contributed by atoms with Crippen LogP contribution in [0.3, 0.4) is 0 Å². The Morgan fingerprint density at radius 2 is 2.33 bits per heavy atom. The molecule has 0 aliphatic carbocycles. The molecule has 1 atom stereocenters. The number of amides is 1. The molecule has 1 aromatic carbocycles. The third kappa shape index (κ3) is 1.61. The number of halogens is 1. The predicted molar refractivity (Wildman–Crippen MR) is 54.0 cm³/mol. The minimum Gasteiger partial charge on any atom is -0.388 e. The highest BCUT2D eigenvalue weighted by Crippen LogP contribution is 2.35. The fraction of sp³-hybridized carbons (Fsp3) is 0.364. The molecule has 80 valence electrons. The van der Waals surface area contributed by atoms with Gasteiger partial charge in [0.2, 0.25) is 5.91 Å². The standard InChI is InChI=1S/C11H12FNO2/c1-7(14)13-6-5-10(15)8-3-2-4-9(12)11(8)13/h2-4,10,15H,5-6H2,1H3. The molecule has 1 heterocycles. The molecule has 0 fully saturated rings. The number of aliphatic hydroxyl groups excluding tert-OH is 1. The van der Waals surface area contributed by atoms with Gasteiger partial charge in [0.25, 0.3) is 0 Å². The number of rotatable bonds is 0. The average Bonchev–Trinajstić information content (AvgIpc) is 2.19. The van der Waals surface area contributed by atoms with E-state index in [1.807, 2.05) is 0 Å². The van der Waals surface area contributed by atoms with Gasteiger partial charge in [0.15, 0.2) is 0 Å². The maximum Gasteiger partial charge on any atom is 0.223 e. The van der Waals surface area contributed by atoms with Gasteiger partial charge in [-0.3, -0.25) is 4.79 Å². The summed E-state index contributed by atoms with van der Waals surface area (Å²) < 4.78 is 13.6. The highest BCUT2D eigenvalue weighted by Gasteiger charge is 2.28. The van der Waals surface area contributed by atoms with Crippen molar-refractivity contribution in [3.05, 3.63) is 29.6 Å². The number of hydrogen-bond acceptors (Lipinski definition) is 2. The van der Waals surface area contributed by atoms with Crippen LogP contribution in [0.5, 0.6) is 0 Å². The van der Waals surface area contributed by atoms with Crippen molar-refractivity contribution in [2.24, 2.45) is 0 Å². The number of fused-ring (bicyclic) bond motifs is 1. The van der Waals surface area contributed by atoms with Crippen LogP contribution in [0.1, 0.15) is 25.0 Å². The van der Waals surface area contributed by atoms with E-state index >= 15 is 0 Å². The summed E-state index contributed by atoms with van der Waals surface area (Å²) in [5.74, 6) is -0.658. The summed E-state index contributed by atoms with van der Waals surface area (Å²) >= 11 is 0. The summed E-state index contributed by atoms with van der Waals surface area (Å²) in [5.41, 5.74) is 0.722. The maximum absolute atomic E-state index is 13.6. The molecule has 0 spiro atoms. The van der Waals surface area contributed by atoms with Gasteiger partial charge < -0.3 is 10.0 Å². The third-order valence-corrected chi connectivity index (χ3v) is 2.65. The zero-order valence-corrected chi connectivity index (χ0v) is 8.40. The summed E-state index contributed by atoms with van der Waals surface area (Å²) in [6, 6.07) is 4.49. The minimum absolute atomic E-state index is 0.201. The molecular weight excluding hydrogens is 197 g/mol. The van der Waals surface area contributed by atoms with E-state index < -0.39 is 11.9 Å². The topological polar surface area (TPSA) is 40.5 Å². The number of carbonyl (C=O) groups excluding carboxylic acids is 1. The van der Waals surface area contributed by atoms with E-state index in [1.54, 1.807) is 12.1 Å². The monoisotopic (exact) mass is 209 g/mol.